The van der Waals surface area contributed by atoms with E-state index in [0.717, 1.165) is 41.5 Å². The van der Waals surface area contributed by atoms with Gasteiger partial charge in [0.25, 0.3) is 0 Å². The summed E-state index contributed by atoms with van der Waals surface area (Å²) in [4.78, 5) is 19.1. The van der Waals surface area contributed by atoms with Crippen LogP contribution in [0.5, 0.6) is 0 Å². The minimum atomic E-state index is -0.341. The Morgan fingerprint density at radius 1 is 1.39 bits per heavy atom. The molecule has 5 nitrogen and oxygen atoms in total. The minimum absolute atomic E-state index is 0.110. The fourth-order valence-electron chi connectivity index (χ4n) is 2.48. The van der Waals surface area contributed by atoms with Crippen molar-refractivity contribution in [2.24, 2.45) is 0 Å². The molecule has 2 aliphatic rings. The molecule has 0 saturated carbocycles. The van der Waals surface area contributed by atoms with Crippen LogP contribution >= 0.6 is 11.3 Å². The Bertz CT molecular complexity index is 460. The number of amides is 1. The Balaban J connectivity index is 1.81. The van der Waals surface area contributed by atoms with Crippen molar-refractivity contribution in [2.45, 2.75) is 31.8 Å². The lowest BCUT2D eigenvalue weighted by Gasteiger charge is -2.17. The first-order valence-corrected chi connectivity index (χ1v) is 7.25. The van der Waals surface area contributed by atoms with E-state index in [0.29, 0.717) is 19.5 Å². The molecule has 1 aromatic rings. The molecular formula is C12H17N3O2S. The number of fused-ring (bicyclic) bond motifs is 1. The molecule has 6 heteroatoms. The summed E-state index contributed by atoms with van der Waals surface area (Å²) < 4.78 is 0. The molecule has 0 radical (unpaired) electrons. The number of nitrogens with zero attached hydrogens (tertiary/aromatic N) is 2. The number of aryl methyl sites for hydroxylation is 1. The van der Waals surface area contributed by atoms with Gasteiger partial charge < -0.3 is 15.3 Å². The lowest BCUT2D eigenvalue weighted by atomic mass is 10.0. The number of carbonyl (C=O) groups excluding carboxylic acids is 1. The van der Waals surface area contributed by atoms with Gasteiger partial charge in [-0.1, -0.05) is 11.3 Å². The fraction of sp³-hybridized carbons (Fsp3) is 0.667. The van der Waals surface area contributed by atoms with Gasteiger partial charge in [-0.15, -0.1) is 0 Å². The maximum atomic E-state index is 11.3. The van der Waals surface area contributed by atoms with Crippen LogP contribution in [0, 0.1) is 0 Å². The number of rotatable bonds is 1. The van der Waals surface area contributed by atoms with E-state index in [1.807, 2.05) is 0 Å². The molecular weight excluding hydrogens is 250 g/mol. The van der Waals surface area contributed by atoms with Crippen LogP contribution in [0.1, 0.15) is 35.9 Å². The van der Waals surface area contributed by atoms with Crippen LogP contribution in [-0.2, 0) is 11.2 Å². The molecule has 1 unspecified atom stereocenters. The lowest BCUT2D eigenvalue weighted by molar-refractivity contribution is -0.120. The monoisotopic (exact) mass is 267 g/mol. The molecule has 98 valence electrons. The number of aliphatic hydroxyl groups is 1. The number of aliphatic hydroxyl groups excluding tert-OH is 1. The highest BCUT2D eigenvalue weighted by molar-refractivity contribution is 7.15. The average Bonchev–Trinajstić information content (AvgIpc) is 2.67. The van der Waals surface area contributed by atoms with Gasteiger partial charge in [-0.05, 0) is 19.3 Å². The van der Waals surface area contributed by atoms with Crippen molar-refractivity contribution in [3.05, 3.63) is 10.6 Å². The molecule has 0 bridgehead atoms. The number of aromatic nitrogens is 1. The number of nitrogens with one attached hydrogen (secondary N) is 1. The van der Waals surface area contributed by atoms with Crippen molar-refractivity contribution in [1.82, 2.24) is 10.3 Å². The molecule has 1 fully saturated rings. The van der Waals surface area contributed by atoms with Crippen LogP contribution in [0.3, 0.4) is 0 Å². The largest absolute Gasteiger partial charge is 0.388 e. The van der Waals surface area contributed by atoms with Gasteiger partial charge >= 0.3 is 0 Å². The minimum Gasteiger partial charge on any atom is -0.388 e. The number of carbonyl (C=O) groups is 1. The van der Waals surface area contributed by atoms with Crippen molar-refractivity contribution >= 4 is 22.4 Å². The number of thiazole rings is 1. The van der Waals surface area contributed by atoms with Gasteiger partial charge in [-0.3, -0.25) is 4.79 Å². The van der Waals surface area contributed by atoms with E-state index >= 15 is 0 Å². The van der Waals surface area contributed by atoms with E-state index in [1.54, 1.807) is 11.3 Å². The van der Waals surface area contributed by atoms with E-state index in [9.17, 15) is 9.90 Å². The molecule has 1 atom stereocenters. The van der Waals surface area contributed by atoms with Crippen LogP contribution in [0.25, 0.3) is 0 Å². The highest BCUT2D eigenvalue weighted by Gasteiger charge is 2.25. The number of anilines is 1. The standard InChI is InChI=1S/C12H17N3O2S/c16-9-3-1-2-8-11(9)18-12(14-8)15-6-4-10(17)13-5-7-15/h9,16H,1-7H2,(H,13,17). The van der Waals surface area contributed by atoms with E-state index in [2.05, 4.69) is 15.2 Å². The average molecular weight is 267 g/mol. The lowest BCUT2D eigenvalue weighted by Crippen LogP contribution is -2.28. The summed E-state index contributed by atoms with van der Waals surface area (Å²) in [6, 6.07) is 0. The van der Waals surface area contributed by atoms with E-state index < -0.39 is 0 Å². The van der Waals surface area contributed by atoms with Crippen LogP contribution in [0.2, 0.25) is 0 Å². The first-order valence-electron chi connectivity index (χ1n) is 6.43. The summed E-state index contributed by atoms with van der Waals surface area (Å²) in [5.41, 5.74) is 1.05. The van der Waals surface area contributed by atoms with Gasteiger partial charge in [0.2, 0.25) is 5.91 Å². The summed E-state index contributed by atoms with van der Waals surface area (Å²) in [5.74, 6) is 0.110. The van der Waals surface area contributed by atoms with E-state index in [1.165, 1.54) is 0 Å². The van der Waals surface area contributed by atoms with Crippen molar-refractivity contribution in [1.29, 1.82) is 0 Å². The van der Waals surface area contributed by atoms with Gasteiger partial charge in [-0.2, -0.15) is 0 Å². The van der Waals surface area contributed by atoms with Crippen molar-refractivity contribution in [3.8, 4) is 0 Å². The SMILES string of the molecule is O=C1CCN(c2nc3c(s2)C(O)CCC3)CCN1. The summed E-state index contributed by atoms with van der Waals surface area (Å²) in [5, 5.41) is 13.8. The molecule has 2 heterocycles. The zero-order valence-electron chi connectivity index (χ0n) is 10.2. The van der Waals surface area contributed by atoms with Crippen LogP contribution < -0.4 is 10.2 Å². The molecule has 1 amide bonds. The van der Waals surface area contributed by atoms with Crippen molar-refractivity contribution < 1.29 is 9.90 Å². The van der Waals surface area contributed by atoms with Gasteiger partial charge in [0.05, 0.1) is 16.7 Å². The van der Waals surface area contributed by atoms with E-state index in [4.69, 9.17) is 0 Å². The predicted octanol–water partition coefficient (Wildman–Crippen LogP) is 0.839. The second kappa shape index (κ2) is 4.85. The Hall–Kier alpha value is -1.14. The molecule has 1 aliphatic carbocycles. The summed E-state index contributed by atoms with van der Waals surface area (Å²) in [7, 11) is 0. The van der Waals surface area contributed by atoms with Gasteiger partial charge in [0.15, 0.2) is 5.13 Å². The molecule has 0 spiro atoms. The Kier molecular flexibility index (Phi) is 3.22. The molecule has 3 rings (SSSR count). The molecule has 1 aromatic heterocycles. The number of hydrogen-bond donors (Lipinski definition) is 2. The smallest absolute Gasteiger partial charge is 0.221 e. The quantitative estimate of drug-likeness (QED) is 0.791. The number of hydrogen-bond acceptors (Lipinski definition) is 5. The predicted molar refractivity (Wildman–Crippen MR) is 69.9 cm³/mol. The molecule has 0 aromatic carbocycles. The highest BCUT2D eigenvalue weighted by Crippen LogP contribution is 2.37. The summed E-state index contributed by atoms with van der Waals surface area (Å²) in [6.45, 7) is 2.19. The molecule has 2 N–H and O–H groups in total. The summed E-state index contributed by atoms with van der Waals surface area (Å²) in [6.07, 6.45) is 3.00. The fourth-order valence-corrected chi connectivity index (χ4v) is 3.66. The van der Waals surface area contributed by atoms with E-state index in [-0.39, 0.29) is 12.0 Å². The Morgan fingerprint density at radius 3 is 3.11 bits per heavy atom. The van der Waals surface area contributed by atoms with Crippen molar-refractivity contribution in [2.75, 3.05) is 24.5 Å². The van der Waals surface area contributed by atoms with Gasteiger partial charge in [0, 0.05) is 26.1 Å². The van der Waals surface area contributed by atoms with Crippen LogP contribution in [0.4, 0.5) is 5.13 Å². The molecule has 1 saturated heterocycles. The maximum Gasteiger partial charge on any atom is 0.221 e. The van der Waals surface area contributed by atoms with Gasteiger partial charge in [0.1, 0.15) is 0 Å². The zero-order chi connectivity index (χ0) is 12.5. The first kappa shape index (κ1) is 11.9. The van der Waals surface area contributed by atoms with Crippen molar-refractivity contribution in [3.63, 3.8) is 0 Å². The zero-order valence-corrected chi connectivity index (χ0v) is 11.0. The third-order valence-corrected chi connectivity index (χ3v) is 4.75. The molecule has 18 heavy (non-hydrogen) atoms. The first-order chi connectivity index (χ1) is 8.74. The van der Waals surface area contributed by atoms with Crippen LogP contribution in [-0.4, -0.2) is 35.6 Å². The molecule has 1 aliphatic heterocycles. The maximum absolute atomic E-state index is 11.3. The highest BCUT2D eigenvalue weighted by atomic mass is 32.1. The van der Waals surface area contributed by atoms with Gasteiger partial charge in [-0.25, -0.2) is 4.98 Å². The van der Waals surface area contributed by atoms with Crippen LogP contribution in [0.15, 0.2) is 0 Å². The Labute approximate surface area is 110 Å². The summed E-state index contributed by atoms with van der Waals surface area (Å²) >= 11 is 1.59. The second-order valence-electron chi connectivity index (χ2n) is 4.80. The topological polar surface area (TPSA) is 65.5 Å². The normalized spacial score (nSPS) is 24.4. The third-order valence-electron chi connectivity index (χ3n) is 3.49. The Morgan fingerprint density at radius 2 is 2.28 bits per heavy atom. The second-order valence-corrected chi connectivity index (χ2v) is 5.81. The third kappa shape index (κ3) is 2.22.